The molecule has 0 radical (unpaired) electrons. The maximum absolute atomic E-state index is 13.1. The van der Waals surface area contributed by atoms with Crippen LogP contribution >= 0.6 is 0 Å². The lowest BCUT2D eigenvalue weighted by Crippen LogP contribution is -2.44. The molecule has 1 N–H and O–H groups in total. The van der Waals surface area contributed by atoms with E-state index in [1.165, 1.54) is 18.2 Å². The quantitative estimate of drug-likeness (QED) is 0.902. The number of halogens is 1. The minimum Gasteiger partial charge on any atom is -0.480 e. The van der Waals surface area contributed by atoms with Gasteiger partial charge >= 0.3 is 5.97 Å². The lowest BCUT2D eigenvalue weighted by Gasteiger charge is -2.31. The van der Waals surface area contributed by atoms with E-state index >= 15 is 0 Å². The van der Waals surface area contributed by atoms with E-state index in [4.69, 9.17) is 4.42 Å². The molecule has 100 valence electrons. The summed E-state index contributed by atoms with van der Waals surface area (Å²) < 4.78 is 18.6. The van der Waals surface area contributed by atoms with Gasteiger partial charge in [-0.3, -0.25) is 0 Å². The van der Waals surface area contributed by atoms with Crippen molar-refractivity contribution >= 4 is 23.1 Å². The summed E-state index contributed by atoms with van der Waals surface area (Å²) >= 11 is 0. The standard InChI is InChI=1S/C13H13FN2O3/c14-8-4-5-11-9(7-8)15-13(19-11)16-6-2-1-3-10(16)12(17)18/h4-5,7,10H,1-3,6H2,(H,17,18). The van der Waals surface area contributed by atoms with E-state index in [2.05, 4.69) is 4.98 Å². The molecular weight excluding hydrogens is 251 g/mol. The molecule has 1 atom stereocenters. The smallest absolute Gasteiger partial charge is 0.326 e. The van der Waals surface area contributed by atoms with Gasteiger partial charge < -0.3 is 14.4 Å². The SMILES string of the molecule is O=C(O)C1CCCCN1c1nc2cc(F)ccc2o1. The fraction of sp³-hybridized carbons (Fsp3) is 0.385. The van der Waals surface area contributed by atoms with Gasteiger partial charge in [-0.2, -0.15) is 4.98 Å². The number of aliphatic carboxylic acids is 1. The summed E-state index contributed by atoms with van der Waals surface area (Å²) in [5.74, 6) is -1.27. The second-order valence-electron chi connectivity index (χ2n) is 4.65. The largest absolute Gasteiger partial charge is 0.480 e. The molecule has 5 nitrogen and oxygen atoms in total. The van der Waals surface area contributed by atoms with Crippen LogP contribution in [0.25, 0.3) is 11.1 Å². The van der Waals surface area contributed by atoms with E-state index in [1.807, 2.05) is 0 Å². The van der Waals surface area contributed by atoms with Gasteiger partial charge in [0.2, 0.25) is 0 Å². The molecule has 1 fully saturated rings. The van der Waals surface area contributed by atoms with E-state index in [1.54, 1.807) is 4.90 Å². The Labute approximate surface area is 108 Å². The van der Waals surface area contributed by atoms with Gasteiger partial charge in [0.25, 0.3) is 6.01 Å². The molecular formula is C13H13FN2O3. The summed E-state index contributed by atoms with van der Waals surface area (Å²) in [7, 11) is 0. The zero-order chi connectivity index (χ0) is 13.4. The molecule has 1 aliphatic heterocycles. The summed E-state index contributed by atoms with van der Waals surface area (Å²) in [6.07, 6.45) is 2.35. The van der Waals surface area contributed by atoms with Crippen LogP contribution in [-0.2, 0) is 4.79 Å². The van der Waals surface area contributed by atoms with Crippen LogP contribution < -0.4 is 4.90 Å². The third-order valence-electron chi connectivity index (χ3n) is 3.37. The van der Waals surface area contributed by atoms with Crippen LogP contribution in [0.5, 0.6) is 0 Å². The van der Waals surface area contributed by atoms with Crippen molar-refractivity contribution in [3.63, 3.8) is 0 Å². The molecule has 0 spiro atoms. The minimum absolute atomic E-state index is 0.257. The van der Waals surface area contributed by atoms with Crippen molar-refractivity contribution in [3.05, 3.63) is 24.0 Å². The first-order chi connectivity index (χ1) is 9.15. The van der Waals surface area contributed by atoms with Crippen LogP contribution in [0.2, 0.25) is 0 Å². The van der Waals surface area contributed by atoms with Crippen molar-refractivity contribution in [2.24, 2.45) is 0 Å². The molecule has 1 aromatic carbocycles. The zero-order valence-corrected chi connectivity index (χ0v) is 10.2. The number of fused-ring (bicyclic) bond motifs is 1. The molecule has 1 aromatic heterocycles. The number of anilines is 1. The van der Waals surface area contributed by atoms with Crippen LogP contribution in [0, 0.1) is 5.82 Å². The number of benzene rings is 1. The van der Waals surface area contributed by atoms with Crippen molar-refractivity contribution in [2.75, 3.05) is 11.4 Å². The Kier molecular flexibility index (Phi) is 2.85. The highest BCUT2D eigenvalue weighted by Crippen LogP contribution is 2.28. The van der Waals surface area contributed by atoms with Crippen molar-refractivity contribution in [2.45, 2.75) is 25.3 Å². The molecule has 6 heteroatoms. The van der Waals surface area contributed by atoms with Crippen LogP contribution in [0.1, 0.15) is 19.3 Å². The molecule has 0 amide bonds. The molecule has 0 saturated carbocycles. The monoisotopic (exact) mass is 264 g/mol. The summed E-state index contributed by atoms with van der Waals surface area (Å²) in [4.78, 5) is 17.1. The summed E-state index contributed by atoms with van der Waals surface area (Å²) in [6.45, 7) is 0.590. The van der Waals surface area contributed by atoms with E-state index in [0.717, 1.165) is 12.8 Å². The van der Waals surface area contributed by atoms with Crippen LogP contribution in [-0.4, -0.2) is 28.6 Å². The van der Waals surface area contributed by atoms with E-state index in [-0.39, 0.29) is 11.8 Å². The van der Waals surface area contributed by atoms with E-state index in [9.17, 15) is 14.3 Å². The normalized spacial score (nSPS) is 19.8. The van der Waals surface area contributed by atoms with E-state index in [0.29, 0.717) is 24.1 Å². The van der Waals surface area contributed by atoms with Crippen molar-refractivity contribution in [1.82, 2.24) is 4.98 Å². The Morgan fingerprint density at radius 3 is 3.11 bits per heavy atom. The van der Waals surface area contributed by atoms with Crippen LogP contribution in [0.4, 0.5) is 10.4 Å². The maximum Gasteiger partial charge on any atom is 0.326 e. The van der Waals surface area contributed by atoms with Crippen molar-refractivity contribution in [1.29, 1.82) is 0 Å². The van der Waals surface area contributed by atoms with Gasteiger partial charge in [0.1, 0.15) is 17.4 Å². The first-order valence-electron chi connectivity index (χ1n) is 6.21. The Morgan fingerprint density at radius 2 is 2.32 bits per heavy atom. The topological polar surface area (TPSA) is 66.6 Å². The molecule has 1 unspecified atom stereocenters. The van der Waals surface area contributed by atoms with Gasteiger partial charge in [-0.15, -0.1) is 0 Å². The summed E-state index contributed by atoms with van der Waals surface area (Å²) in [6, 6.07) is 3.71. The molecule has 2 aromatic rings. The van der Waals surface area contributed by atoms with Crippen molar-refractivity contribution < 1.29 is 18.7 Å². The Balaban J connectivity index is 1.99. The molecule has 3 rings (SSSR count). The molecule has 1 aliphatic rings. The number of aromatic nitrogens is 1. The third-order valence-corrected chi connectivity index (χ3v) is 3.37. The number of carboxylic acid groups (broad SMARTS) is 1. The second kappa shape index (κ2) is 4.53. The highest BCUT2D eigenvalue weighted by Gasteiger charge is 2.31. The van der Waals surface area contributed by atoms with Crippen LogP contribution in [0.15, 0.2) is 22.6 Å². The number of nitrogens with zero attached hydrogens (tertiary/aromatic N) is 2. The Morgan fingerprint density at radius 1 is 1.47 bits per heavy atom. The highest BCUT2D eigenvalue weighted by molar-refractivity contribution is 5.79. The predicted molar refractivity (Wildman–Crippen MR) is 66.6 cm³/mol. The fourth-order valence-electron chi connectivity index (χ4n) is 2.43. The number of rotatable bonds is 2. The number of hydrogen-bond donors (Lipinski definition) is 1. The Bertz CT molecular complexity index is 625. The summed E-state index contributed by atoms with van der Waals surface area (Å²) in [5, 5.41) is 9.22. The average Bonchev–Trinajstić information content (AvgIpc) is 2.81. The molecule has 1 saturated heterocycles. The van der Waals surface area contributed by atoms with Gasteiger partial charge in [0, 0.05) is 12.6 Å². The third kappa shape index (κ3) is 2.14. The number of oxazole rings is 1. The number of carbonyl (C=O) groups is 1. The molecule has 0 bridgehead atoms. The van der Waals surface area contributed by atoms with Crippen LogP contribution in [0.3, 0.4) is 0 Å². The number of piperidine rings is 1. The van der Waals surface area contributed by atoms with Gasteiger partial charge in [0.15, 0.2) is 5.58 Å². The fourth-order valence-corrected chi connectivity index (χ4v) is 2.43. The summed E-state index contributed by atoms with van der Waals surface area (Å²) in [5.41, 5.74) is 0.871. The first-order valence-corrected chi connectivity index (χ1v) is 6.21. The van der Waals surface area contributed by atoms with Gasteiger partial charge in [-0.1, -0.05) is 0 Å². The van der Waals surface area contributed by atoms with E-state index < -0.39 is 12.0 Å². The Hall–Kier alpha value is -2.11. The number of carboxylic acids is 1. The highest BCUT2D eigenvalue weighted by atomic mass is 19.1. The van der Waals surface area contributed by atoms with Crippen molar-refractivity contribution in [3.8, 4) is 0 Å². The maximum atomic E-state index is 13.1. The zero-order valence-electron chi connectivity index (χ0n) is 10.2. The second-order valence-corrected chi connectivity index (χ2v) is 4.65. The lowest BCUT2D eigenvalue weighted by atomic mass is 10.0. The predicted octanol–water partition coefficient (Wildman–Crippen LogP) is 2.41. The number of hydrogen-bond acceptors (Lipinski definition) is 4. The lowest BCUT2D eigenvalue weighted by molar-refractivity contribution is -0.139. The van der Waals surface area contributed by atoms with Gasteiger partial charge in [-0.05, 0) is 31.4 Å². The molecule has 2 heterocycles. The molecule has 19 heavy (non-hydrogen) atoms. The molecule has 0 aliphatic carbocycles. The average molecular weight is 264 g/mol. The minimum atomic E-state index is -0.881. The van der Waals surface area contributed by atoms with Gasteiger partial charge in [0.05, 0.1) is 0 Å². The van der Waals surface area contributed by atoms with Gasteiger partial charge in [-0.25, -0.2) is 9.18 Å². The first kappa shape index (κ1) is 12.0.